The van der Waals surface area contributed by atoms with Gasteiger partial charge in [-0.25, -0.2) is 9.37 Å². The smallest absolute Gasteiger partial charge is 0.147 e. The number of alkyl halides is 1. The van der Waals surface area contributed by atoms with Crippen LogP contribution in [0.2, 0.25) is 0 Å². The summed E-state index contributed by atoms with van der Waals surface area (Å²) in [5.74, 6) is 0.630. The summed E-state index contributed by atoms with van der Waals surface area (Å²) in [6, 6.07) is -0.301. The van der Waals surface area contributed by atoms with Crippen molar-refractivity contribution in [2.45, 2.75) is 19.1 Å². The molecule has 0 aliphatic carbocycles. The number of nitrogens with one attached hydrogen (secondary N) is 1. The number of halogens is 1. The Hall–Kier alpha value is -1.23. The molecule has 1 saturated heterocycles. The second kappa shape index (κ2) is 3.88. The molecule has 1 N–H and O–H groups in total. The molecule has 1 aromatic heterocycles. The summed E-state index contributed by atoms with van der Waals surface area (Å²) >= 11 is 0. The number of hydrogen-bond donors (Lipinski definition) is 1. The van der Waals surface area contributed by atoms with Gasteiger partial charge in [0.05, 0.1) is 24.9 Å². The lowest BCUT2D eigenvalue weighted by Gasteiger charge is -2.14. The number of aromatic nitrogens is 2. The number of anilines is 1. The van der Waals surface area contributed by atoms with Crippen molar-refractivity contribution in [1.82, 2.24) is 9.97 Å². The van der Waals surface area contributed by atoms with Crippen molar-refractivity contribution >= 4 is 5.82 Å². The summed E-state index contributed by atoms with van der Waals surface area (Å²) in [5, 5.41) is 2.99. The minimum absolute atomic E-state index is 0.164. The van der Waals surface area contributed by atoms with Gasteiger partial charge in [0.1, 0.15) is 12.0 Å². The van der Waals surface area contributed by atoms with Crippen molar-refractivity contribution in [3.05, 3.63) is 18.1 Å². The second-order valence-corrected chi connectivity index (χ2v) is 3.29. The van der Waals surface area contributed by atoms with Gasteiger partial charge in [-0.05, 0) is 6.92 Å². The van der Waals surface area contributed by atoms with E-state index in [1.54, 1.807) is 12.4 Å². The zero-order valence-corrected chi connectivity index (χ0v) is 7.90. The maximum Gasteiger partial charge on any atom is 0.147 e. The van der Waals surface area contributed by atoms with E-state index in [1.165, 1.54) is 0 Å². The van der Waals surface area contributed by atoms with Gasteiger partial charge in [0.2, 0.25) is 0 Å². The fourth-order valence-corrected chi connectivity index (χ4v) is 1.39. The van der Waals surface area contributed by atoms with Crippen molar-refractivity contribution in [3.63, 3.8) is 0 Å². The van der Waals surface area contributed by atoms with Crippen LogP contribution in [-0.2, 0) is 4.74 Å². The van der Waals surface area contributed by atoms with E-state index in [2.05, 4.69) is 15.3 Å². The van der Waals surface area contributed by atoms with Crippen LogP contribution in [0, 0.1) is 6.92 Å². The Kier molecular flexibility index (Phi) is 2.58. The molecule has 1 aliphatic rings. The standard InChI is InChI=1S/C9H12FN3O/c1-6-9(12-3-2-11-6)13-8-5-14-4-7(8)10/h2-3,7-8H,4-5H2,1H3,(H,12,13). The van der Waals surface area contributed by atoms with Crippen LogP contribution in [0.5, 0.6) is 0 Å². The molecule has 0 radical (unpaired) electrons. The molecule has 5 heteroatoms. The Bertz CT molecular complexity index is 321. The summed E-state index contributed by atoms with van der Waals surface area (Å²) in [6.07, 6.45) is 2.23. The highest BCUT2D eigenvalue weighted by Gasteiger charge is 2.28. The molecule has 0 amide bonds. The topological polar surface area (TPSA) is 47.0 Å². The molecule has 1 aliphatic heterocycles. The number of nitrogens with zero attached hydrogens (tertiary/aromatic N) is 2. The molecule has 0 spiro atoms. The fourth-order valence-electron chi connectivity index (χ4n) is 1.39. The van der Waals surface area contributed by atoms with Crippen molar-refractivity contribution < 1.29 is 9.13 Å². The first kappa shape index (κ1) is 9.33. The van der Waals surface area contributed by atoms with Gasteiger partial charge in [0.25, 0.3) is 0 Å². The zero-order chi connectivity index (χ0) is 9.97. The Morgan fingerprint density at radius 3 is 2.86 bits per heavy atom. The number of ether oxygens (including phenoxy) is 1. The SMILES string of the molecule is Cc1nccnc1NC1COCC1F. The van der Waals surface area contributed by atoms with Crippen LogP contribution in [0.25, 0.3) is 0 Å². The lowest BCUT2D eigenvalue weighted by molar-refractivity contribution is 0.173. The molecule has 2 unspecified atom stereocenters. The van der Waals surface area contributed by atoms with Crippen LogP contribution in [-0.4, -0.2) is 35.4 Å². The number of rotatable bonds is 2. The molecular weight excluding hydrogens is 185 g/mol. The Morgan fingerprint density at radius 2 is 2.21 bits per heavy atom. The summed E-state index contributed by atoms with van der Waals surface area (Å²) in [6.45, 7) is 2.38. The van der Waals surface area contributed by atoms with Gasteiger partial charge in [-0.2, -0.15) is 0 Å². The van der Waals surface area contributed by atoms with Gasteiger partial charge >= 0.3 is 0 Å². The van der Waals surface area contributed by atoms with Crippen LogP contribution in [0.4, 0.5) is 10.2 Å². The largest absolute Gasteiger partial charge is 0.376 e. The van der Waals surface area contributed by atoms with E-state index in [9.17, 15) is 4.39 Å². The Labute approximate surface area is 81.5 Å². The first-order valence-corrected chi connectivity index (χ1v) is 4.53. The summed E-state index contributed by atoms with van der Waals surface area (Å²) in [4.78, 5) is 8.14. The maximum absolute atomic E-state index is 13.2. The predicted octanol–water partition coefficient (Wildman–Crippen LogP) is 0.934. The third-order valence-electron chi connectivity index (χ3n) is 2.21. The van der Waals surface area contributed by atoms with E-state index >= 15 is 0 Å². The normalized spacial score (nSPS) is 26.4. The van der Waals surface area contributed by atoms with Crippen LogP contribution in [0.3, 0.4) is 0 Å². The van der Waals surface area contributed by atoms with E-state index in [4.69, 9.17) is 4.74 Å². The molecule has 2 heterocycles. The summed E-state index contributed by atoms with van der Waals surface area (Å²) < 4.78 is 18.2. The molecule has 0 aromatic carbocycles. The van der Waals surface area contributed by atoms with Gasteiger partial charge in [-0.3, -0.25) is 4.98 Å². The first-order chi connectivity index (χ1) is 6.77. The maximum atomic E-state index is 13.2. The average molecular weight is 197 g/mol. The molecule has 1 fully saturated rings. The monoisotopic (exact) mass is 197 g/mol. The third-order valence-corrected chi connectivity index (χ3v) is 2.21. The van der Waals surface area contributed by atoms with Gasteiger partial charge in [-0.1, -0.05) is 0 Å². The number of hydrogen-bond acceptors (Lipinski definition) is 4. The number of aryl methyl sites for hydroxylation is 1. The summed E-state index contributed by atoms with van der Waals surface area (Å²) in [7, 11) is 0. The highest BCUT2D eigenvalue weighted by atomic mass is 19.1. The molecule has 0 saturated carbocycles. The fraction of sp³-hybridized carbons (Fsp3) is 0.556. The van der Waals surface area contributed by atoms with E-state index in [1.807, 2.05) is 6.92 Å². The molecular formula is C9H12FN3O. The molecule has 4 nitrogen and oxygen atoms in total. The van der Waals surface area contributed by atoms with Crippen molar-refractivity contribution in [2.75, 3.05) is 18.5 Å². The highest BCUT2D eigenvalue weighted by Crippen LogP contribution is 2.15. The molecule has 2 rings (SSSR count). The summed E-state index contributed by atoms with van der Waals surface area (Å²) in [5.41, 5.74) is 0.770. The molecule has 76 valence electrons. The van der Waals surface area contributed by atoms with Crippen molar-refractivity contribution in [2.24, 2.45) is 0 Å². The minimum Gasteiger partial charge on any atom is -0.376 e. The lowest BCUT2D eigenvalue weighted by Crippen LogP contribution is -2.29. The van der Waals surface area contributed by atoms with Crippen molar-refractivity contribution in [1.29, 1.82) is 0 Å². The zero-order valence-electron chi connectivity index (χ0n) is 7.90. The molecule has 14 heavy (non-hydrogen) atoms. The van der Waals surface area contributed by atoms with E-state index in [0.717, 1.165) is 5.69 Å². The van der Waals surface area contributed by atoms with E-state index in [0.29, 0.717) is 12.4 Å². The lowest BCUT2D eigenvalue weighted by atomic mass is 10.2. The van der Waals surface area contributed by atoms with Gasteiger partial charge in [-0.15, -0.1) is 0 Å². The van der Waals surface area contributed by atoms with Gasteiger partial charge < -0.3 is 10.1 Å². The molecule has 2 atom stereocenters. The Balaban J connectivity index is 2.07. The van der Waals surface area contributed by atoms with Crippen LogP contribution >= 0.6 is 0 Å². The highest BCUT2D eigenvalue weighted by molar-refractivity contribution is 5.40. The Morgan fingerprint density at radius 1 is 1.43 bits per heavy atom. The third kappa shape index (κ3) is 1.82. The molecule has 0 bridgehead atoms. The predicted molar refractivity (Wildman–Crippen MR) is 49.9 cm³/mol. The van der Waals surface area contributed by atoms with Gasteiger partial charge in [0.15, 0.2) is 0 Å². The minimum atomic E-state index is -0.962. The van der Waals surface area contributed by atoms with Crippen molar-refractivity contribution in [3.8, 4) is 0 Å². The molecule has 1 aromatic rings. The van der Waals surface area contributed by atoms with E-state index < -0.39 is 6.17 Å². The van der Waals surface area contributed by atoms with Crippen LogP contribution in [0.15, 0.2) is 12.4 Å². The quantitative estimate of drug-likeness (QED) is 0.766. The second-order valence-electron chi connectivity index (χ2n) is 3.29. The first-order valence-electron chi connectivity index (χ1n) is 4.53. The van der Waals surface area contributed by atoms with Crippen LogP contribution in [0.1, 0.15) is 5.69 Å². The average Bonchev–Trinajstić information content (AvgIpc) is 2.56. The van der Waals surface area contributed by atoms with E-state index in [-0.39, 0.29) is 12.6 Å². The van der Waals surface area contributed by atoms with Crippen LogP contribution < -0.4 is 5.32 Å². The van der Waals surface area contributed by atoms with Gasteiger partial charge in [0, 0.05) is 12.4 Å².